The number of aryl methyl sites for hydroxylation is 2. The van der Waals surface area contributed by atoms with E-state index >= 15 is 0 Å². The van der Waals surface area contributed by atoms with Gasteiger partial charge in [-0.1, -0.05) is 47.5 Å². The fourth-order valence-corrected chi connectivity index (χ4v) is 2.15. The number of benzene rings is 2. The molecule has 0 bridgehead atoms. The first kappa shape index (κ1) is 12.8. The van der Waals surface area contributed by atoms with Crippen LogP contribution < -0.4 is 5.32 Å². The van der Waals surface area contributed by atoms with Crippen LogP contribution in [0.1, 0.15) is 28.3 Å². The summed E-state index contributed by atoms with van der Waals surface area (Å²) in [5.74, 6) is -0.166. The van der Waals surface area contributed by atoms with E-state index in [1.807, 2.05) is 51.2 Å². The first-order valence-corrected chi connectivity index (χ1v) is 6.11. The van der Waals surface area contributed by atoms with Crippen LogP contribution in [-0.4, -0.2) is 7.05 Å². The van der Waals surface area contributed by atoms with E-state index in [1.165, 1.54) is 11.6 Å². The van der Waals surface area contributed by atoms with Crippen LogP contribution in [-0.2, 0) is 0 Å². The van der Waals surface area contributed by atoms with E-state index in [-0.39, 0.29) is 11.9 Å². The second kappa shape index (κ2) is 5.32. The number of nitrogens with one attached hydrogen (secondary N) is 1. The average molecular weight is 243 g/mol. The summed E-state index contributed by atoms with van der Waals surface area (Å²) in [5, 5.41) is 3.18. The van der Waals surface area contributed by atoms with Gasteiger partial charge in [0, 0.05) is 5.56 Å². The van der Waals surface area contributed by atoms with Gasteiger partial charge in [0.2, 0.25) is 0 Å². The Bertz CT molecular complexity index is 531. The monoisotopic (exact) mass is 243 g/mol. The average Bonchev–Trinajstić information content (AvgIpc) is 2.37. The van der Waals surface area contributed by atoms with Crippen LogP contribution in [0.2, 0.25) is 0 Å². The Morgan fingerprint density at radius 3 is 2.17 bits per heavy atom. The standard InChI is InChI=1S/C16H18FN/c1-11-4-7-13(8-5-11)16(18-3)14-10-12(2)6-9-15(14)17/h4-10,16,18H,1-3H3. The van der Waals surface area contributed by atoms with Crippen molar-refractivity contribution in [1.82, 2.24) is 5.32 Å². The molecule has 1 atom stereocenters. The van der Waals surface area contributed by atoms with E-state index in [0.717, 1.165) is 11.1 Å². The van der Waals surface area contributed by atoms with Gasteiger partial charge in [0.1, 0.15) is 5.82 Å². The molecule has 0 spiro atoms. The first-order chi connectivity index (χ1) is 8.61. The van der Waals surface area contributed by atoms with Crippen LogP contribution >= 0.6 is 0 Å². The SMILES string of the molecule is CNC(c1ccc(C)cc1)c1cc(C)ccc1F. The Hall–Kier alpha value is -1.67. The molecule has 1 N–H and O–H groups in total. The fourth-order valence-electron chi connectivity index (χ4n) is 2.15. The Morgan fingerprint density at radius 1 is 0.944 bits per heavy atom. The van der Waals surface area contributed by atoms with Crippen molar-refractivity contribution in [3.63, 3.8) is 0 Å². The van der Waals surface area contributed by atoms with E-state index in [4.69, 9.17) is 0 Å². The molecule has 0 radical (unpaired) electrons. The van der Waals surface area contributed by atoms with Gasteiger partial charge < -0.3 is 5.32 Å². The van der Waals surface area contributed by atoms with E-state index in [9.17, 15) is 4.39 Å². The van der Waals surface area contributed by atoms with Gasteiger partial charge >= 0.3 is 0 Å². The second-order valence-corrected chi connectivity index (χ2v) is 4.66. The molecule has 0 fully saturated rings. The number of hydrogen-bond donors (Lipinski definition) is 1. The Balaban J connectivity index is 2.44. The highest BCUT2D eigenvalue weighted by Crippen LogP contribution is 2.25. The minimum atomic E-state index is -0.166. The summed E-state index contributed by atoms with van der Waals surface area (Å²) in [7, 11) is 1.85. The normalized spacial score (nSPS) is 12.4. The molecule has 1 nitrogen and oxygen atoms in total. The van der Waals surface area contributed by atoms with Gasteiger partial charge in [0.15, 0.2) is 0 Å². The Labute approximate surface area is 108 Å². The van der Waals surface area contributed by atoms with Crippen LogP contribution in [0, 0.1) is 19.7 Å². The van der Waals surface area contributed by atoms with Gasteiger partial charge in [0.25, 0.3) is 0 Å². The zero-order valence-corrected chi connectivity index (χ0v) is 11.0. The molecule has 0 aliphatic heterocycles. The summed E-state index contributed by atoms with van der Waals surface area (Å²) in [5.41, 5.74) is 4.05. The smallest absolute Gasteiger partial charge is 0.128 e. The maximum absolute atomic E-state index is 13.9. The fraction of sp³-hybridized carbons (Fsp3) is 0.250. The van der Waals surface area contributed by atoms with Gasteiger partial charge in [0.05, 0.1) is 6.04 Å². The summed E-state index contributed by atoms with van der Waals surface area (Å²) in [6, 6.07) is 13.3. The quantitative estimate of drug-likeness (QED) is 0.865. The molecule has 94 valence electrons. The first-order valence-electron chi connectivity index (χ1n) is 6.11. The summed E-state index contributed by atoms with van der Waals surface area (Å²) in [6.07, 6.45) is 0. The molecular formula is C16H18FN. The van der Waals surface area contributed by atoms with E-state index < -0.39 is 0 Å². The molecule has 18 heavy (non-hydrogen) atoms. The Kier molecular flexibility index (Phi) is 3.78. The van der Waals surface area contributed by atoms with Crippen molar-refractivity contribution in [3.8, 4) is 0 Å². The van der Waals surface area contributed by atoms with Gasteiger partial charge in [-0.25, -0.2) is 4.39 Å². The highest BCUT2D eigenvalue weighted by molar-refractivity contribution is 5.36. The van der Waals surface area contributed by atoms with Crippen LogP contribution in [0.5, 0.6) is 0 Å². The summed E-state index contributed by atoms with van der Waals surface area (Å²) < 4.78 is 13.9. The minimum absolute atomic E-state index is 0.106. The molecule has 0 aliphatic rings. The van der Waals surface area contributed by atoms with Gasteiger partial charge in [-0.05, 0) is 32.5 Å². The lowest BCUT2D eigenvalue weighted by atomic mass is 9.96. The molecular weight excluding hydrogens is 225 g/mol. The van der Waals surface area contributed by atoms with Crippen molar-refractivity contribution in [1.29, 1.82) is 0 Å². The van der Waals surface area contributed by atoms with Gasteiger partial charge in [-0.3, -0.25) is 0 Å². The Morgan fingerprint density at radius 2 is 1.56 bits per heavy atom. The zero-order chi connectivity index (χ0) is 13.1. The third-order valence-electron chi connectivity index (χ3n) is 3.16. The minimum Gasteiger partial charge on any atom is -0.309 e. The zero-order valence-electron chi connectivity index (χ0n) is 11.0. The van der Waals surface area contributed by atoms with Crippen molar-refractivity contribution in [2.75, 3.05) is 7.05 Å². The molecule has 2 aromatic rings. The van der Waals surface area contributed by atoms with Crippen LogP contribution in [0.4, 0.5) is 4.39 Å². The summed E-state index contributed by atoms with van der Waals surface area (Å²) >= 11 is 0. The number of hydrogen-bond acceptors (Lipinski definition) is 1. The second-order valence-electron chi connectivity index (χ2n) is 4.66. The molecule has 2 aromatic carbocycles. The molecule has 0 aliphatic carbocycles. The van der Waals surface area contributed by atoms with E-state index in [1.54, 1.807) is 6.07 Å². The molecule has 0 saturated heterocycles. The molecule has 0 heterocycles. The molecule has 2 rings (SSSR count). The van der Waals surface area contributed by atoms with Crippen molar-refractivity contribution >= 4 is 0 Å². The topological polar surface area (TPSA) is 12.0 Å². The predicted molar refractivity (Wildman–Crippen MR) is 73.2 cm³/mol. The van der Waals surface area contributed by atoms with E-state index in [0.29, 0.717) is 5.56 Å². The summed E-state index contributed by atoms with van der Waals surface area (Å²) in [4.78, 5) is 0. The van der Waals surface area contributed by atoms with Crippen molar-refractivity contribution < 1.29 is 4.39 Å². The lowest BCUT2D eigenvalue weighted by Gasteiger charge is -2.18. The molecule has 0 saturated carbocycles. The third kappa shape index (κ3) is 2.59. The molecule has 1 unspecified atom stereocenters. The van der Waals surface area contributed by atoms with Crippen LogP contribution in [0.3, 0.4) is 0 Å². The predicted octanol–water partition coefficient (Wildman–Crippen LogP) is 3.75. The van der Waals surface area contributed by atoms with Gasteiger partial charge in [-0.15, -0.1) is 0 Å². The van der Waals surface area contributed by atoms with Crippen molar-refractivity contribution in [3.05, 3.63) is 70.5 Å². The molecule has 0 aromatic heterocycles. The highest BCUT2D eigenvalue weighted by atomic mass is 19.1. The van der Waals surface area contributed by atoms with E-state index in [2.05, 4.69) is 5.32 Å². The van der Waals surface area contributed by atoms with Crippen LogP contribution in [0.15, 0.2) is 42.5 Å². The van der Waals surface area contributed by atoms with Crippen molar-refractivity contribution in [2.45, 2.75) is 19.9 Å². The number of halogens is 1. The maximum atomic E-state index is 13.9. The lowest BCUT2D eigenvalue weighted by Crippen LogP contribution is -2.19. The largest absolute Gasteiger partial charge is 0.309 e. The highest BCUT2D eigenvalue weighted by Gasteiger charge is 2.15. The summed E-state index contributed by atoms with van der Waals surface area (Å²) in [6.45, 7) is 4.02. The van der Waals surface area contributed by atoms with Gasteiger partial charge in [-0.2, -0.15) is 0 Å². The van der Waals surface area contributed by atoms with Crippen molar-refractivity contribution in [2.24, 2.45) is 0 Å². The number of rotatable bonds is 3. The maximum Gasteiger partial charge on any atom is 0.128 e. The molecule has 0 amide bonds. The third-order valence-corrected chi connectivity index (χ3v) is 3.16. The molecule has 2 heteroatoms. The lowest BCUT2D eigenvalue weighted by molar-refractivity contribution is 0.575. The van der Waals surface area contributed by atoms with Crippen LogP contribution in [0.25, 0.3) is 0 Å².